The summed E-state index contributed by atoms with van der Waals surface area (Å²) in [5.41, 5.74) is 4.56. The first-order valence-corrected chi connectivity index (χ1v) is 11.3. The van der Waals surface area contributed by atoms with Gasteiger partial charge in [-0.05, 0) is 54.8 Å². The largest absolute Gasteiger partial charge is 0.368 e. The molecule has 0 spiro atoms. The van der Waals surface area contributed by atoms with Gasteiger partial charge in [0.15, 0.2) is 0 Å². The van der Waals surface area contributed by atoms with Gasteiger partial charge in [0.05, 0.1) is 18.0 Å². The number of fused-ring (bicyclic) bond motifs is 3. The number of halogens is 1. The molecule has 1 saturated heterocycles. The lowest BCUT2D eigenvalue weighted by Crippen LogP contribution is -2.61. The van der Waals surface area contributed by atoms with Gasteiger partial charge in [-0.25, -0.2) is 4.39 Å². The number of carbonyl (C=O) groups excluding carboxylic acids is 1. The molecule has 3 aromatic rings. The predicted octanol–water partition coefficient (Wildman–Crippen LogP) is 4.57. The van der Waals surface area contributed by atoms with E-state index in [0.29, 0.717) is 0 Å². The first-order chi connectivity index (χ1) is 15.6. The van der Waals surface area contributed by atoms with Crippen LogP contribution in [0.5, 0.6) is 0 Å². The van der Waals surface area contributed by atoms with E-state index in [9.17, 15) is 9.18 Å². The minimum Gasteiger partial charge on any atom is -0.368 e. The molecule has 1 amide bonds. The molecular formula is C27H28FN3O. The van der Waals surface area contributed by atoms with E-state index in [0.717, 1.165) is 37.3 Å². The maximum atomic E-state index is 13.5. The number of benzene rings is 3. The van der Waals surface area contributed by atoms with Crippen molar-refractivity contribution in [3.63, 3.8) is 0 Å². The maximum Gasteiger partial charge on any atom is 0.226 e. The van der Waals surface area contributed by atoms with Crippen LogP contribution in [0.3, 0.4) is 0 Å². The number of amides is 1. The van der Waals surface area contributed by atoms with Crippen molar-refractivity contribution in [1.29, 1.82) is 0 Å². The SMILES string of the molecule is CC(NC(=O)C1Cc2ccccc2N2CCN(c3ccc(F)cc3)CC12)c1ccccc1. The molecule has 0 bridgehead atoms. The summed E-state index contributed by atoms with van der Waals surface area (Å²) in [5, 5.41) is 3.26. The lowest BCUT2D eigenvalue weighted by molar-refractivity contribution is -0.126. The summed E-state index contributed by atoms with van der Waals surface area (Å²) in [6.07, 6.45) is 0.724. The quantitative estimate of drug-likeness (QED) is 0.660. The average Bonchev–Trinajstić information content (AvgIpc) is 2.84. The summed E-state index contributed by atoms with van der Waals surface area (Å²) in [7, 11) is 0. The number of nitrogens with one attached hydrogen (secondary N) is 1. The van der Waals surface area contributed by atoms with Crippen LogP contribution in [0.25, 0.3) is 0 Å². The van der Waals surface area contributed by atoms with Crippen molar-refractivity contribution in [2.24, 2.45) is 5.92 Å². The molecule has 0 aromatic heterocycles. The van der Waals surface area contributed by atoms with Gasteiger partial charge in [0.2, 0.25) is 5.91 Å². The van der Waals surface area contributed by atoms with Gasteiger partial charge in [0, 0.05) is 31.0 Å². The number of anilines is 2. The van der Waals surface area contributed by atoms with Crippen molar-refractivity contribution < 1.29 is 9.18 Å². The van der Waals surface area contributed by atoms with E-state index in [2.05, 4.69) is 39.4 Å². The van der Waals surface area contributed by atoms with Gasteiger partial charge >= 0.3 is 0 Å². The molecule has 1 N–H and O–H groups in total. The number of hydrogen-bond acceptors (Lipinski definition) is 3. The van der Waals surface area contributed by atoms with E-state index < -0.39 is 0 Å². The third kappa shape index (κ3) is 3.95. The maximum absolute atomic E-state index is 13.5. The van der Waals surface area contributed by atoms with Crippen molar-refractivity contribution in [2.75, 3.05) is 29.4 Å². The number of rotatable bonds is 4. The van der Waals surface area contributed by atoms with Crippen molar-refractivity contribution in [1.82, 2.24) is 5.32 Å². The van der Waals surface area contributed by atoms with E-state index in [1.165, 1.54) is 23.4 Å². The summed E-state index contributed by atoms with van der Waals surface area (Å²) >= 11 is 0. The minimum absolute atomic E-state index is 0.0499. The van der Waals surface area contributed by atoms with Gasteiger partial charge in [-0.2, -0.15) is 0 Å². The third-order valence-corrected chi connectivity index (χ3v) is 6.81. The monoisotopic (exact) mass is 429 g/mol. The Morgan fingerprint density at radius 2 is 1.69 bits per heavy atom. The molecule has 4 nitrogen and oxygen atoms in total. The predicted molar refractivity (Wildman–Crippen MR) is 126 cm³/mol. The Labute approximate surface area is 188 Å². The Morgan fingerprint density at radius 3 is 2.47 bits per heavy atom. The summed E-state index contributed by atoms with van der Waals surface area (Å²) in [6, 6.07) is 25.2. The van der Waals surface area contributed by atoms with Crippen LogP contribution in [-0.4, -0.2) is 31.6 Å². The molecular weight excluding hydrogens is 401 g/mol. The van der Waals surface area contributed by atoms with Crippen LogP contribution in [0.2, 0.25) is 0 Å². The molecule has 0 saturated carbocycles. The topological polar surface area (TPSA) is 35.6 Å². The normalized spacial score (nSPS) is 20.8. The second kappa shape index (κ2) is 8.65. The zero-order chi connectivity index (χ0) is 22.1. The fourth-order valence-electron chi connectivity index (χ4n) is 5.09. The highest BCUT2D eigenvalue weighted by Crippen LogP contribution is 2.37. The van der Waals surface area contributed by atoms with E-state index in [4.69, 9.17) is 0 Å². The van der Waals surface area contributed by atoms with E-state index in [1.807, 2.05) is 49.4 Å². The summed E-state index contributed by atoms with van der Waals surface area (Å²) in [4.78, 5) is 18.2. The Morgan fingerprint density at radius 1 is 0.969 bits per heavy atom. The van der Waals surface area contributed by atoms with Crippen LogP contribution in [-0.2, 0) is 11.2 Å². The standard InChI is InChI=1S/C27H28FN3O/c1-19(20-7-3-2-4-8-20)29-27(32)24-17-21-9-5-6-10-25(21)31-16-15-30(18-26(24)31)23-13-11-22(28)12-14-23/h2-14,19,24,26H,15-18H2,1H3,(H,29,32). The molecule has 3 unspecified atom stereocenters. The molecule has 164 valence electrons. The Balaban J connectivity index is 1.41. The number of piperazine rings is 1. The molecule has 1 fully saturated rings. The lowest BCUT2D eigenvalue weighted by Gasteiger charge is -2.49. The van der Waals surface area contributed by atoms with Crippen molar-refractivity contribution in [3.8, 4) is 0 Å². The zero-order valence-electron chi connectivity index (χ0n) is 18.2. The van der Waals surface area contributed by atoms with Gasteiger partial charge in [0.1, 0.15) is 5.82 Å². The summed E-state index contributed by atoms with van der Waals surface area (Å²) < 4.78 is 13.4. The molecule has 5 rings (SSSR count). The van der Waals surface area contributed by atoms with Crippen molar-refractivity contribution in [3.05, 3.63) is 95.8 Å². The zero-order valence-corrected chi connectivity index (χ0v) is 18.2. The fraction of sp³-hybridized carbons (Fsp3) is 0.296. The van der Waals surface area contributed by atoms with Crippen LogP contribution >= 0.6 is 0 Å². The number of carbonyl (C=O) groups is 1. The van der Waals surface area contributed by atoms with E-state index in [-0.39, 0.29) is 29.7 Å². The molecule has 2 heterocycles. The minimum atomic E-state index is -0.230. The molecule has 5 heteroatoms. The highest BCUT2D eigenvalue weighted by Gasteiger charge is 2.41. The van der Waals surface area contributed by atoms with Gasteiger partial charge in [-0.15, -0.1) is 0 Å². The molecule has 0 aliphatic carbocycles. The second-order valence-corrected chi connectivity index (χ2v) is 8.76. The highest BCUT2D eigenvalue weighted by atomic mass is 19.1. The van der Waals surface area contributed by atoms with Gasteiger partial charge in [0.25, 0.3) is 0 Å². The Hall–Kier alpha value is -3.34. The van der Waals surface area contributed by atoms with Crippen molar-refractivity contribution >= 4 is 17.3 Å². The van der Waals surface area contributed by atoms with Gasteiger partial charge < -0.3 is 15.1 Å². The first kappa shape index (κ1) is 20.6. The lowest BCUT2D eigenvalue weighted by atomic mass is 9.83. The van der Waals surface area contributed by atoms with E-state index >= 15 is 0 Å². The average molecular weight is 430 g/mol. The Kier molecular flexibility index (Phi) is 5.56. The third-order valence-electron chi connectivity index (χ3n) is 6.81. The van der Waals surface area contributed by atoms with Crippen LogP contribution in [0.4, 0.5) is 15.8 Å². The second-order valence-electron chi connectivity index (χ2n) is 8.76. The van der Waals surface area contributed by atoms with Gasteiger partial charge in [-0.3, -0.25) is 4.79 Å². The van der Waals surface area contributed by atoms with Crippen molar-refractivity contribution in [2.45, 2.75) is 25.4 Å². The van der Waals surface area contributed by atoms with Crippen LogP contribution in [0.15, 0.2) is 78.9 Å². The fourth-order valence-corrected chi connectivity index (χ4v) is 5.09. The molecule has 0 radical (unpaired) electrons. The number of nitrogens with zero attached hydrogens (tertiary/aromatic N) is 2. The number of hydrogen-bond donors (Lipinski definition) is 1. The smallest absolute Gasteiger partial charge is 0.226 e. The molecule has 2 aliphatic rings. The first-order valence-electron chi connectivity index (χ1n) is 11.3. The molecule has 3 atom stereocenters. The summed E-state index contributed by atoms with van der Waals surface area (Å²) in [6.45, 7) is 4.44. The van der Waals surface area contributed by atoms with Crippen LogP contribution in [0, 0.1) is 11.7 Å². The van der Waals surface area contributed by atoms with Crippen LogP contribution < -0.4 is 15.1 Å². The highest BCUT2D eigenvalue weighted by molar-refractivity contribution is 5.82. The number of para-hydroxylation sites is 1. The molecule has 3 aromatic carbocycles. The Bertz CT molecular complexity index is 1090. The molecule has 32 heavy (non-hydrogen) atoms. The summed E-state index contributed by atoms with van der Waals surface area (Å²) in [5.74, 6) is -0.294. The van der Waals surface area contributed by atoms with Crippen LogP contribution in [0.1, 0.15) is 24.1 Å². The van der Waals surface area contributed by atoms with E-state index in [1.54, 1.807) is 0 Å². The van der Waals surface area contributed by atoms with Gasteiger partial charge in [-0.1, -0.05) is 48.5 Å². The molecule has 2 aliphatic heterocycles.